The molecule has 0 aliphatic rings. The van der Waals surface area contributed by atoms with Crippen LogP contribution in [0.2, 0.25) is 0 Å². The number of hydrogen-bond donors (Lipinski definition) is 2. The van der Waals surface area contributed by atoms with Crippen LogP contribution >= 0.6 is 0 Å². The SMILES string of the molecule is CCNC(=O)NC(=O)c1nn(-c2cccc([N+](=O)[O-])c2)c(-c2ccccc2)c1C(=O)c1ccccc1. The van der Waals surface area contributed by atoms with E-state index in [1.807, 2.05) is 0 Å². The van der Waals surface area contributed by atoms with Crippen molar-refractivity contribution in [1.29, 1.82) is 0 Å². The number of nitrogens with one attached hydrogen (secondary N) is 2. The third kappa shape index (κ3) is 4.87. The minimum atomic E-state index is -0.887. The first kappa shape index (κ1) is 24.0. The van der Waals surface area contributed by atoms with E-state index in [9.17, 15) is 24.5 Å². The number of rotatable bonds is 7. The van der Waals surface area contributed by atoms with Gasteiger partial charge < -0.3 is 5.32 Å². The van der Waals surface area contributed by atoms with Gasteiger partial charge >= 0.3 is 6.03 Å². The van der Waals surface area contributed by atoms with Crippen LogP contribution in [0.3, 0.4) is 0 Å². The molecular formula is C26H21N5O5. The average Bonchev–Trinajstić information content (AvgIpc) is 3.30. The van der Waals surface area contributed by atoms with Gasteiger partial charge in [0.05, 0.1) is 21.9 Å². The number of benzene rings is 3. The van der Waals surface area contributed by atoms with Crippen LogP contribution in [-0.4, -0.2) is 39.0 Å². The number of nitro groups is 1. The summed E-state index contributed by atoms with van der Waals surface area (Å²) in [7, 11) is 0. The van der Waals surface area contributed by atoms with Crippen molar-refractivity contribution in [2.75, 3.05) is 6.54 Å². The number of carbonyl (C=O) groups is 3. The second-order valence-corrected chi connectivity index (χ2v) is 7.64. The smallest absolute Gasteiger partial charge is 0.321 e. The molecule has 0 fully saturated rings. The number of aromatic nitrogens is 2. The Labute approximate surface area is 205 Å². The third-order valence-electron chi connectivity index (χ3n) is 5.26. The maximum absolute atomic E-state index is 13.8. The van der Waals surface area contributed by atoms with Crippen LogP contribution in [0.5, 0.6) is 0 Å². The number of imide groups is 1. The molecule has 0 radical (unpaired) electrons. The Kier molecular flexibility index (Phi) is 6.96. The second-order valence-electron chi connectivity index (χ2n) is 7.64. The van der Waals surface area contributed by atoms with Gasteiger partial charge in [0.1, 0.15) is 0 Å². The number of urea groups is 1. The van der Waals surface area contributed by atoms with Gasteiger partial charge in [0, 0.05) is 29.8 Å². The van der Waals surface area contributed by atoms with E-state index in [1.54, 1.807) is 73.7 Å². The summed E-state index contributed by atoms with van der Waals surface area (Å²) in [6.45, 7) is 1.98. The topological polar surface area (TPSA) is 136 Å². The highest BCUT2D eigenvalue weighted by Crippen LogP contribution is 2.32. The maximum Gasteiger partial charge on any atom is 0.321 e. The molecule has 0 aliphatic heterocycles. The molecule has 180 valence electrons. The van der Waals surface area contributed by atoms with Gasteiger partial charge in [0.15, 0.2) is 11.5 Å². The van der Waals surface area contributed by atoms with Crippen molar-refractivity contribution >= 4 is 23.4 Å². The van der Waals surface area contributed by atoms with Gasteiger partial charge in [0.25, 0.3) is 11.6 Å². The van der Waals surface area contributed by atoms with Crippen molar-refractivity contribution in [2.24, 2.45) is 0 Å². The lowest BCUT2D eigenvalue weighted by atomic mass is 9.97. The molecule has 0 atom stereocenters. The third-order valence-corrected chi connectivity index (χ3v) is 5.26. The van der Waals surface area contributed by atoms with Gasteiger partial charge in [-0.25, -0.2) is 9.48 Å². The van der Waals surface area contributed by atoms with E-state index in [0.717, 1.165) is 0 Å². The highest BCUT2D eigenvalue weighted by Gasteiger charge is 2.31. The molecule has 0 saturated heterocycles. The van der Waals surface area contributed by atoms with E-state index in [4.69, 9.17) is 0 Å². The van der Waals surface area contributed by atoms with Gasteiger partial charge in [-0.2, -0.15) is 5.10 Å². The molecule has 2 N–H and O–H groups in total. The fourth-order valence-corrected chi connectivity index (χ4v) is 3.68. The highest BCUT2D eigenvalue weighted by molar-refractivity contribution is 6.19. The Morgan fingerprint density at radius 3 is 2.25 bits per heavy atom. The van der Waals surface area contributed by atoms with E-state index < -0.39 is 22.6 Å². The molecule has 3 aromatic carbocycles. The van der Waals surface area contributed by atoms with E-state index in [1.165, 1.54) is 22.9 Å². The molecule has 10 heteroatoms. The number of nitrogens with zero attached hydrogens (tertiary/aromatic N) is 3. The number of ketones is 1. The van der Waals surface area contributed by atoms with E-state index in [2.05, 4.69) is 15.7 Å². The van der Waals surface area contributed by atoms with Crippen LogP contribution in [-0.2, 0) is 0 Å². The van der Waals surface area contributed by atoms with Crippen LogP contribution in [0.15, 0.2) is 84.9 Å². The summed E-state index contributed by atoms with van der Waals surface area (Å²) in [4.78, 5) is 49.9. The standard InChI is InChI=1S/C26H21N5O5/c1-2-27-26(34)28-25(33)22-21(24(32)18-12-7-4-8-13-18)23(17-10-5-3-6-11-17)30(29-22)19-14-9-15-20(16-19)31(35)36/h3-16H,2H2,1H3,(H2,27,28,33,34). The molecule has 3 amide bonds. The summed E-state index contributed by atoms with van der Waals surface area (Å²) >= 11 is 0. The van der Waals surface area contributed by atoms with Crippen molar-refractivity contribution in [3.05, 3.63) is 112 Å². The molecule has 4 rings (SSSR count). The molecule has 1 aromatic heterocycles. The lowest BCUT2D eigenvalue weighted by molar-refractivity contribution is -0.384. The Balaban J connectivity index is 2.01. The number of amides is 3. The highest BCUT2D eigenvalue weighted by atomic mass is 16.6. The van der Waals surface area contributed by atoms with Crippen LogP contribution < -0.4 is 10.6 Å². The van der Waals surface area contributed by atoms with Gasteiger partial charge in [-0.1, -0.05) is 66.7 Å². The second kappa shape index (κ2) is 10.4. The summed E-state index contributed by atoms with van der Waals surface area (Å²) in [6.07, 6.45) is 0. The van der Waals surface area contributed by atoms with Crippen molar-refractivity contribution in [2.45, 2.75) is 6.92 Å². The zero-order chi connectivity index (χ0) is 25.7. The maximum atomic E-state index is 13.8. The Morgan fingerprint density at radius 1 is 0.944 bits per heavy atom. The van der Waals surface area contributed by atoms with E-state index in [-0.39, 0.29) is 34.9 Å². The largest absolute Gasteiger partial charge is 0.338 e. The van der Waals surface area contributed by atoms with Crippen molar-refractivity contribution in [3.8, 4) is 16.9 Å². The predicted molar refractivity (Wildman–Crippen MR) is 132 cm³/mol. The van der Waals surface area contributed by atoms with E-state index in [0.29, 0.717) is 11.1 Å². The van der Waals surface area contributed by atoms with Crippen molar-refractivity contribution in [3.63, 3.8) is 0 Å². The van der Waals surface area contributed by atoms with Crippen LogP contribution in [0.25, 0.3) is 16.9 Å². The Bertz CT molecular complexity index is 1450. The molecule has 0 bridgehead atoms. The first-order valence-corrected chi connectivity index (χ1v) is 11.0. The molecule has 36 heavy (non-hydrogen) atoms. The van der Waals surface area contributed by atoms with E-state index >= 15 is 0 Å². The van der Waals surface area contributed by atoms with Gasteiger partial charge in [-0.3, -0.25) is 25.0 Å². The van der Waals surface area contributed by atoms with Crippen molar-refractivity contribution in [1.82, 2.24) is 20.4 Å². The minimum Gasteiger partial charge on any atom is -0.338 e. The molecule has 4 aromatic rings. The minimum absolute atomic E-state index is 0.0410. The predicted octanol–water partition coefficient (Wildman–Crippen LogP) is 4.14. The number of hydrogen-bond acceptors (Lipinski definition) is 6. The van der Waals surface area contributed by atoms with Crippen LogP contribution in [0.4, 0.5) is 10.5 Å². The fourth-order valence-electron chi connectivity index (χ4n) is 3.68. The number of non-ortho nitro benzene ring substituents is 1. The molecule has 10 nitrogen and oxygen atoms in total. The lowest BCUT2D eigenvalue weighted by Gasteiger charge is -2.10. The Hall–Kier alpha value is -5.12. The summed E-state index contributed by atoms with van der Waals surface area (Å²) in [5.74, 6) is -1.38. The van der Waals surface area contributed by atoms with Gasteiger partial charge in [0.2, 0.25) is 0 Å². The normalized spacial score (nSPS) is 10.5. The Morgan fingerprint density at radius 2 is 1.61 bits per heavy atom. The summed E-state index contributed by atoms with van der Waals surface area (Å²) in [6, 6.07) is 22.0. The van der Waals surface area contributed by atoms with Crippen LogP contribution in [0.1, 0.15) is 33.3 Å². The molecule has 1 heterocycles. The van der Waals surface area contributed by atoms with Gasteiger partial charge in [-0.15, -0.1) is 0 Å². The summed E-state index contributed by atoms with van der Waals surface area (Å²) in [5.41, 5.74) is 0.855. The quantitative estimate of drug-likeness (QED) is 0.230. The monoisotopic (exact) mass is 483 g/mol. The first-order valence-electron chi connectivity index (χ1n) is 11.0. The number of nitro benzene ring substituents is 1. The zero-order valence-electron chi connectivity index (χ0n) is 19.2. The molecule has 0 aliphatic carbocycles. The molecule has 0 unspecified atom stereocenters. The van der Waals surface area contributed by atoms with Gasteiger partial charge in [-0.05, 0) is 13.0 Å². The summed E-state index contributed by atoms with van der Waals surface area (Å²) < 4.78 is 1.31. The molecule has 0 saturated carbocycles. The first-order chi connectivity index (χ1) is 17.4. The summed E-state index contributed by atoms with van der Waals surface area (Å²) in [5, 5.41) is 20.5. The lowest BCUT2D eigenvalue weighted by Crippen LogP contribution is -2.40. The molecule has 0 spiro atoms. The fraction of sp³-hybridized carbons (Fsp3) is 0.0769. The van der Waals surface area contributed by atoms with Crippen LogP contribution in [0, 0.1) is 10.1 Å². The average molecular weight is 483 g/mol. The molecular weight excluding hydrogens is 462 g/mol. The number of carbonyl (C=O) groups excluding carboxylic acids is 3. The van der Waals surface area contributed by atoms with Crippen molar-refractivity contribution < 1.29 is 19.3 Å². The zero-order valence-corrected chi connectivity index (χ0v) is 19.2.